The van der Waals surface area contributed by atoms with Crippen LogP contribution in [0.25, 0.3) is 0 Å². The van der Waals surface area contributed by atoms with E-state index in [4.69, 9.17) is 16.3 Å². The Kier molecular flexibility index (Phi) is 4.00. The lowest BCUT2D eigenvalue weighted by atomic mass is 9.74. The van der Waals surface area contributed by atoms with Crippen molar-refractivity contribution in [3.63, 3.8) is 0 Å². The molecule has 0 aliphatic heterocycles. The number of ether oxygens (including phenoxy) is 1. The van der Waals surface area contributed by atoms with Crippen LogP contribution in [-0.2, 0) is 9.53 Å². The molecule has 0 heterocycles. The van der Waals surface area contributed by atoms with Gasteiger partial charge in [0.25, 0.3) is 0 Å². The Labute approximate surface area is 123 Å². The summed E-state index contributed by atoms with van der Waals surface area (Å²) in [6, 6.07) is 8.63. The number of esters is 1. The summed E-state index contributed by atoms with van der Waals surface area (Å²) in [6.45, 7) is 5.64. The molecule has 1 aliphatic carbocycles. The van der Waals surface area contributed by atoms with Gasteiger partial charge in [-0.15, -0.1) is 0 Å². The minimum absolute atomic E-state index is 0.190. The predicted molar refractivity (Wildman–Crippen MR) is 77.6 cm³/mol. The van der Waals surface area contributed by atoms with Crippen LogP contribution in [0.3, 0.4) is 0 Å². The Bertz CT molecular complexity index is 573. The van der Waals surface area contributed by atoms with E-state index in [1.165, 1.54) is 0 Å². The standard InChI is InChI=1S/C16H17ClO3/c1-10-9-16(2,3)14(13(18)12(10)17)20-15(19)11-7-5-4-6-8-11/h4-8,14H,9H2,1-3H3. The first kappa shape index (κ1) is 14.8. The van der Waals surface area contributed by atoms with Crippen molar-refractivity contribution in [1.82, 2.24) is 0 Å². The van der Waals surface area contributed by atoms with Crippen LogP contribution in [-0.4, -0.2) is 17.9 Å². The molecule has 1 unspecified atom stereocenters. The predicted octanol–water partition coefficient (Wildman–Crippen LogP) is 3.72. The molecule has 0 saturated heterocycles. The highest BCUT2D eigenvalue weighted by Crippen LogP contribution is 2.40. The monoisotopic (exact) mass is 292 g/mol. The topological polar surface area (TPSA) is 43.4 Å². The molecule has 0 radical (unpaired) electrons. The van der Waals surface area contributed by atoms with Gasteiger partial charge in [-0.2, -0.15) is 0 Å². The fourth-order valence-corrected chi connectivity index (χ4v) is 2.66. The Morgan fingerprint density at radius 2 is 1.90 bits per heavy atom. The van der Waals surface area contributed by atoms with E-state index in [1.54, 1.807) is 24.3 Å². The molecular formula is C16H17ClO3. The van der Waals surface area contributed by atoms with Crippen LogP contribution in [0.2, 0.25) is 0 Å². The third-order valence-electron chi connectivity index (χ3n) is 3.49. The van der Waals surface area contributed by atoms with E-state index in [0.29, 0.717) is 12.0 Å². The average molecular weight is 293 g/mol. The summed E-state index contributed by atoms with van der Waals surface area (Å²) >= 11 is 6.01. The van der Waals surface area contributed by atoms with Gasteiger partial charge in [-0.3, -0.25) is 4.79 Å². The first-order valence-corrected chi connectivity index (χ1v) is 6.86. The summed E-state index contributed by atoms with van der Waals surface area (Å²) in [5.74, 6) is -0.814. The Balaban J connectivity index is 2.24. The summed E-state index contributed by atoms with van der Waals surface area (Å²) in [5.41, 5.74) is 0.816. The quantitative estimate of drug-likeness (QED) is 0.780. The third kappa shape index (κ3) is 2.78. The zero-order valence-electron chi connectivity index (χ0n) is 11.8. The van der Waals surface area contributed by atoms with Crippen molar-refractivity contribution in [3.05, 3.63) is 46.5 Å². The van der Waals surface area contributed by atoms with Crippen LogP contribution >= 0.6 is 11.6 Å². The molecule has 0 spiro atoms. The lowest BCUT2D eigenvalue weighted by molar-refractivity contribution is -0.130. The normalized spacial score (nSPS) is 21.8. The number of benzene rings is 1. The number of carbonyl (C=O) groups is 2. The SMILES string of the molecule is CC1=C(Cl)C(=O)C(OC(=O)c2ccccc2)C(C)(C)C1. The molecule has 4 heteroatoms. The molecular weight excluding hydrogens is 276 g/mol. The van der Waals surface area contributed by atoms with E-state index >= 15 is 0 Å². The molecule has 0 N–H and O–H groups in total. The number of carbonyl (C=O) groups excluding carboxylic acids is 2. The van der Waals surface area contributed by atoms with E-state index in [2.05, 4.69) is 0 Å². The van der Waals surface area contributed by atoms with Crippen LogP contribution in [0.15, 0.2) is 40.9 Å². The van der Waals surface area contributed by atoms with E-state index in [-0.39, 0.29) is 10.8 Å². The first-order valence-electron chi connectivity index (χ1n) is 6.48. The van der Waals surface area contributed by atoms with Crippen LogP contribution in [0.4, 0.5) is 0 Å². The largest absolute Gasteiger partial charge is 0.450 e. The van der Waals surface area contributed by atoms with Gasteiger partial charge in [-0.05, 0) is 25.5 Å². The molecule has 1 aromatic rings. The molecule has 0 aromatic heterocycles. The molecule has 1 aromatic carbocycles. The molecule has 0 saturated carbocycles. The second kappa shape index (κ2) is 5.41. The van der Waals surface area contributed by atoms with Crippen molar-refractivity contribution in [2.75, 3.05) is 0 Å². The van der Waals surface area contributed by atoms with Gasteiger partial charge in [0.05, 0.1) is 10.6 Å². The Hall–Kier alpha value is -1.61. The van der Waals surface area contributed by atoms with Gasteiger partial charge in [0.15, 0.2) is 6.10 Å². The minimum Gasteiger partial charge on any atom is -0.450 e. The van der Waals surface area contributed by atoms with Crippen LogP contribution in [0, 0.1) is 5.41 Å². The fourth-order valence-electron chi connectivity index (χ4n) is 2.50. The maximum Gasteiger partial charge on any atom is 0.338 e. The highest BCUT2D eigenvalue weighted by Gasteiger charge is 2.43. The zero-order valence-corrected chi connectivity index (χ0v) is 12.5. The molecule has 106 valence electrons. The van der Waals surface area contributed by atoms with Gasteiger partial charge in [0, 0.05) is 5.41 Å². The fraction of sp³-hybridized carbons (Fsp3) is 0.375. The maximum absolute atomic E-state index is 12.3. The highest BCUT2D eigenvalue weighted by atomic mass is 35.5. The number of allylic oxidation sites excluding steroid dienone is 1. The van der Waals surface area contributed by atoms with Crippen LogP contribution < -0.4 is 0 Å². The second-order valence-corrected chi connectivity index (χ2v) is 6.15. The van der Waals surface area contributed by atoms with E-state index in [9.17, 15) is 9.59 Å². The van der Waals surface area contributed by atoms with Crippen molar-refractivity contribution in [1.29, 1.82) is 0 Å². The summed E-state index contributed by atoms with van der Waals surface area (Å²) < 4.78 is 5.42. The lowest BCUT2D eigenvalue weighted by Gasteiger charge is -2.36. The van der Waals surface area contributed by atoms with Gasteiger partial charge in [-0.25, -0.2) is 4.79 Å². The van der Waals surface area contributed by atoms with Crippen molar-refractivity contribution in [3.8, 4) is 0 Å². The lowest BCUT2D eigenvalue weighted by Crippen LogP contribution is -2.44. The highest BCUT2D eigenvalue weighted by molar-refractivity contribution is 6.44. The second-order valence-electron chi connectivity index (χ2n) is 5.78. The number of hydrogen-bond acceptors (Lipinski definition) is 3. The van der Waals surface area contributed by atoms with Gasteiger partial charge in [-0.1, -0.05) is 49.2 Å². The number of Topliss-reactive ketones (excluding diaryl/α,β-unsaturated/α-hetero) is 1. The molecule has 1 aliphatic rings. The number of hydrogen-bond donors (Lipinski definition) is 0. The van der Waals surface area contributed by atoms with E-state index in [0.717, 1.165) is 5.57 Å². The maximum atomic E-state index is 12.3. The molecule has 2 rings (SSSR count). The number of ketones is 1. The molecule has 0 bridgehead atoms. The Morgan fingerprint density at radius 3 is 2.50 bits per heavy atom. The van der Waals surface area contributed by atoms with E-state index in [1.807, 2.05) is 26.8 Å². The van der Waals surface area contributed by atoms with Gasteiger partial charge in [0.1, 0.15) is 0 Å². The molecule has 20 heavy (non-hydrogen) atoms. The van der Waals surface area contributed by atoms with Crippen LogP contribution in [0.1, 0.15) is 37.6 Å². The smallest absolute Gasteiger partial charge is 0.338 e. The van der Waals surface area contributed by atoms with Crippen molar-refractivity contribution >= 4 is 23.4 Å². The van der Waals surface area contributed by atoms with Crippen molar-refractivity contribution < 1.29 is 14.3 Å². The summed E-state index contributed by atoms with van der Waals surface area (Å²) in [6.07, 6.45) is -0.212. The van der Waals surface area contributed by atoms with Crippen molar-refractivity contribution in [2.24, 2.45) is 5.41 Å². The Morgan fingerprint density at radius 1 is 1.30 bits per heavy atom. The average Bonchev–Trinajstić information content (AvgIpc) is 2.41. The van der Waals surface area contributed by atoms with Crippen LogP contribution in [0.5, 0.6) is 0 Å². The number of rotatable bonds is 2. The van der Waals surface area contributed by atoms with Gasteiger partial charge in [0.2, 0.25) is 5.78 Å². The first-order chi connectivity index (χ1) is 9.33. The summed E-state index contributed by atoms with van der Waals surface area (Å²) in [4.78, 5) is 24.4. The molecule has 3 nitrogen and oxygen atoms in total. The van der Waals surface area contributed by atoms with Gasteiger partial charge < -0.3 is 4.74 Å². The summed E-state index contributed by atoms with van der Waals surface area (Å²) in [5, 5.41) is 0.190. The number of halogens is 1. The van der Waals surface area contributed by atoms with E-state index < -0.39 is 17.5 Å². The van der Waals surface area contributed by atoms with Gasteiger partial charge >= 0.3 is 5.97 Å². The third-order valence-corrected chi connectivity index (χ3v) is 4.00. The minimum atomic E-state index is -0.841. The molecule has 0 amide bonds. The molecule has 0 fully saturated rings. The molecule has 1 atom stereocenters. The zero-order chi connectivity index (χ0) is 14.9. The summed E-state index contributed by atoms with van der Waals surface area (Å²) in [7, 11) is 0. The van der Waals surface area contributed by atoms with Crippen molar-refractivity contribution in [2.45, 2.75) is 33.3 Å².